The summed E-state index contributed by atoms with van der Waals surface area (Å²) in [5.41, 5.74) is 2.04. The molecule has 0 aromatic heterocycles. The summed E-state index contributed by atoms with van der Waals surface area (Å²) in [7, 11) is 1.67. The van der Waals surface area contributed by atoms with Gasteiger partial charge in [-0.05, 0) is 18.2 Å². The zero-order valence-corrected chi connectivity index (χ0v) is 11.4. The van der Waals surface area contributed by atoms with Crippen molar-refractivity contribution in [3.63, 3.8) is 0 Å². The van der Waals surface area contributed by atoms with Crippen LogP contribution in [0, 0.1) is 0 Å². The molecule has 0 spiro atoms. The molecule has 0 unspecified atom stereocenters. The van der Waals surface area contributed by atoms with Crippen LogP contribution in [0.5, 0.6) is 17.2 Å². The maximum atomic E-state index is 5.41. The third-order valence-corrected chi connectivity index (χ3v) is 3.52. The Morgan fingerprint density at radius 2 is 1.78 bits per heavy atom. The Morgan fingerprint density at radius 1 is 1.06 bits per heavy atom. The number of benzene rings is 2. The first-order chi connectivity index (χ1) is 8.79. The summed E-state index contributed by atoms with van der Waals surface area (Å²) in [6, 6.07) is 11.8. The average Bonchev–Trinajstić information content (AvgIpc) is 2.84. The van der Waals surface area contributed by atoms with Crippen LogP contribution in [0.2, 0.25) is 0 Å². The van der Waals surface area contributed by atoms with E-state index >= 15 is 0 Å². The molecule has 0 aliphatic carbocycles. The number of rotatable bonds is 2. The summed E-state index contributed by atoms with van der Waals surface area (Å²) in [6.45, 7) is 0.275. The number of fused-ring (bicyclic) bond motifs is 1. The minimum absolute atomic E-state index is 0.275. The largest absolute Gasteiger partial charge is 0.496 e. The Hall–Kier alpha value is -1.68. The van der Waals surface area contributed by atoms with Crippen LogP contribution in [0.4, 0.5) is 0 Å². The van der Waals surface area contributed by atoms with E-state index in [0.29, 0.717) is 0 Å². The zero-order chi connectivity index (χ0) is 12.5. The maximum absolute atomic E-state index is 5.41. The number of halogens is 1. The van der Waals surface area contributed by atoms with Crippen LogP contribution in [0.3, 0.4) is 0 Å². The Kier molecular flexibility index (Phi) is 2.88. The summed E-state index contributed by atoms with van der Waals surface area (Å²) in [6.07, 6.45) is 0. The van der Waals surface area contributed by atoms with Gasteiger partial charge < -0.3 is 14.2 Å². The molecule has 18 heavy (non-hydrogen) atoms. The molecule has 0 atom stereocenters. The van der Waals surface area contributed by atoms with Gasteiger partial charge in [0.2, 0.25) is 6.79 Å². The van der Waals surface area contributed by atoms with Gasteiger partial charge in [0, 0.05) is 15.6 Å². The van der Waals surface area contributed by atoms with Crippen molar-refractivity contribution in [3.8, 4) is 28.4 Å². The summed E-state index contributed by atoms with van der Waals surface area (Å²) in [5, 5.41) is 0. The fraction of sp³-hybridized carbons (Fsp3) is 0.143. The standard InChI is InChI=1S/C14H11BrO3/c1-16-12-5-3-2-4-9(12)10-6-13-14(7-11(10)15)18-8-17-13/h2-7H,8H2,1H3. The number of methoxy groups -OCH3 is 1. The van der Waals surface area contributed by atoms with Gasteiger partial charge in [0.05, 0.1) is 7.11 Å². The van der Waals surface area contributed by atoms with Gasteiger partial charge >= 0.3 is 0 Å². The molecular formula is C14H11BrO3. The molecule has 0 amide bonds. The highest BCUT2D eigenvalue weighted by molar-refractivity contribution is 9.10. The minimum Gasteiger partial charge on any atom is -0.496 e. The summed E-state index contributed by atoms with van der Waals surface area (Å²) < 4.78 is 17.1. The van der Waals surface area contributed by atoms with E-state index in [2.05, 4.69) is 15.9 Å². The lowest BCUT2D eigenvalue weighted by atomic mass is 10.0. The average molecular weight is 307 g/mol. The Labute approximate surface area is 113 Å². The van der Waals surface area contributed by atoms with Crippen LogP contribution in [0.1, 0.15) is 0 Å². The number of hydrogen-bond donors (Lipinski definition) is 0. The van der Waals surface area contributed by atoms with Crippen molar-refractivity contribution in [1.82, 2.24) is 0 Å². The Bertz CT molecular complexity index is 596. The van der Waals surface area contributed by atoms with Crippen molar-refractivity contribution in [2.45, 2.75) is 0 Å². The van der Waals surface area contributed by atoms with Gasteiger partial charge in [-0.1, -0.05) is 34.1 Å². The van der Waals surface area contributed by atoms with Crippen LogP contribution >= 0.6 is 15.9 Å². The molecular weight excluding hydrogens is 296 g/mol. The second-order valence-corrected chi connectivity index (χ2v) is 4.74. The molecule has 0 bridgehead atoms. The van der Waals surface area contributed by atoms with Gasteiger partial charge in [-0.3, -0.25) is 0 Å². The van der Waals surface area contributed by atoms with Gasteiger partial charge in [-0.2, -0.15) is 0 Å². The van der Waals surface area contributed by atoms with E-state index in [4.69, 9.17) is 14.2 Å². The third kappa shape index (κ3) is 1.82. The van der Waals surface area contributed by atoms with E-state index in [0.717, 1.165) is 32.8 Å². The van der Waals surface area contributed by atoms with E-state index in [9.17, 15) is 0 Å². The molecule has 0 N–H and O–H groups in total. The maximum Gasteiger partial charge on any atom is 0.231 e. The molecule has 3 rings (SSSR count). The lowest BCUT2D eigenvalue weighted by Gasteiger charge is -2.10. The number of para-hydroxylation sites is 1. The van der Waals surface area contributed by atoms with E-state index in [1.165, 1.54) is 0 Å². The topological polar surface area (TPSA) is 27.7 Å². The summed E-state index contributed by atoms with van der Waals surface area (Å²) in [5.74, 6) is 2.36. The highest BCUT2D eigenvalue weighted by Crippen LogP contribution is 2.43. The fourth-order valence-corrected chi connectivity index (χ4v) is 2.53. The van der Waals surface area contributed by atoms with Crippen LogP contribution in [0.25, 0.3) is 11.1 Å². The van der Waals surface area contributed by atoms with Crippen molar-refractivity contribution in [2.24, 2.45) is 0 Å². The SMILES string of the molecule is COc1ccccc1-c1cc2c(cc1Br)OCO2. The van der Waals surface area contributed by atoms with Crippen LogP contribution in [0.15, 0.2) is 40.9 Å². The minimum atomic E-state index is 0.275. The first kappa shape index (κ1) is 11.4. The molecule has 0 fully saturated rings. The highest BCUT2D eigenvalue weighted by Gasteiger charge is 2.18. The van der Waals surface area contributed by atoms with E-state index in [-0.39, 0.29) is 6.79 Å². The molecule has 92 valence electrons. The van der Waals surface area contributed by atoms with Gasteiger partial charge in [0.25, 0.3) is 0 Å². The second-order valence-electron chi connectivity index (χ2n) is 3.89. The van der Waals surface area contributed by atoms with Gasteiger partial charge in [0.15, 0.2) is 11.5 Å². The van der Waals surface area contributed by atoms with Crippen molar-refractivity contribution < 1.29 is 14.2 Å². The predicted octanol–water partition coefficient (Wildman–Crippen LogP) is 3.85. The quantitative estimate of drug-likeness (QED) is 0.843. The van der Waals surface area contributed by atoms with E-state index < -0.39 is 0 Å². The van der Waals surface area contributed by atoms with Gasteiger partial charge in [0.1, 0.15) is 5.75 Å². The first-order valence-electron chi connectivity index (χ1n) is 5.52. The van der Waals surface area contributed by atoms with Crippen molar-refractivity contribution in [3.05, 3.63) is 40.9 Å². The highest BCUT2D eigenvalue weighted by atomic mass is 79.9. The molecule has 1 heterocycles. The Morgan fingerprint density at radius 3 is 2.56 bits per heavy atom. The molecule has 0 radical (unpaired) electrons. The van der Waals surface area contributed by atoms with E-state index in [1.807, 2.05) is 36.4 Å². The Balaban J connectivity index is 2.17. The first-order valence-corrected chi connectivity index (χ1v) is 6.31. The predicted molar refractivity (Wildman–Crippen MR) is 72.3 cm³/mol. The lowest BCUT2D eigenvalue weighted by molar-refractivity contribution is 0.174. The molecule has 3 nitrogen and oxygen atoms in total. The monoisotopic (exact) mass is 306 g/mol. The fourth-order valence-electron chi connectivity index (χ4n) is 1.99. The molecule has 4 heteroatoms. The van der Waals surface area contributed by atoms with Gasteiger partial charge in [-0.15, -0.1) is 0 Å². The van der Waals surface area contributed by atoms with Crippen LogP contribution in [-0.2, 0) is 0 Å². The summed E-state index contributed by atoms with van der Waals surface area (Å²) in [4.78, 5) is 0. The zero-order valence-electron chi connectivity index (χ0n) is 9.77. The smallest absolute Gasteiger partial charge is 0.231 e. The summed E-state index contributed by atoms with van der Waals surface area (Å²) >= 11 is 3.56. The molecule has 0 saturated heterocycles. The van der Waals surface area contributed by atoms with Crippen LogP contribution in [-0.4, -0.2) is 13.9 Å². The number of hydrogen-bond acceptors (Lipinski definition) is 3. The molecule has 2 aromatic carbocycles. The van der Waals surface area contributed by atoms with Crippen molar-refractivity contribution in [2.75, 3.05) is 13.9 Å². The van der Waals surface area contributed by atoms with Crippen molar-refractivity contribution in [1.29, 1.82) is 0 Å². The van der Waals surface area contributed by atoms with Gasteiger partial charge in [-0.25, -0.2) is 0 Å². The molecule has 1 aliphatic heterocycles. The normalized spacial score (nSPS) is 12.6. The van der Waals surface area contributed by atoms with E-state index in [1.54, 1.807) is 7.11 Å². The lowest BCUT2D eigenvalue weighted by Crippen LogP contribution is -1.92. The molecule has 1 aliphatic rings. The second kappa shape index (κ2) is 4.53. The van der Waals surface area contributed by atoms with Crippen LogP contribution < -0.4 is 14.2 Å². The number of ether oxygens (including phenoxy) is 3. The molecule has 0 saturated carbocycles. The van der Waals surface area contributed by atoms with Crippen molar-refractivity contribution >= 4 is 15.9 Å². The molecule has 2 aromatic rings. The third-order valence-electron chi connectivity index (χ3n) is 2.86.